The van der Waals surface area contributed by atoms with E-state index in [4.69, 9.17) is 18.6 Å². The van der Waals surface area contributed by atoms with Crippen LogP contribution >= 0.6 is 0 Å². The Morgan fingerprint density at radius 1 is 1.12 bits per heavy atom. The number of aromatic nitrogens is 3. The summed E-state index contributed by atoms with van der Waals surface area (Å²) in [6.45, 7) is 1.83. The normalized spacial score (nSPS) is 19.8. The quantitative estimate of drug-likeness (QED) is 0.647. The van der Waals surface area contributed by atoms with Crippen LogP contribution in [0.5, 0.6) is 17.2 Å². The van der Waals surface area contributed by atoms with Crippen molar-refractivity contribution >= 4 is 11.7 Å². The number of methoxy groups -OCH3 is 3. The molecular formula is C23H24N4O5. The van der Waals surface area contributed by atoms with Crippen LogP contribution in [0.1, 0.15) is 41.9 Å². The van der Waals surface area contributed by atoms with Crippen LogP contribution in [0.2, 0.25) is 0 Å². The summed E-state index contributed by atoms with van der Waals surface area (Å²) < 4.78 is 23.9. The van der Waals surface area contributed by atoms with Gasteiger partial charge in [-0.3, -0.25) is 4.79 Å². The number of nitrogens with one attached hydrogen (secondary N) is 1. The maximum absolute atomic E-state index is 13.5. The van der Waals surface area contributed by atoms with Gasteiger partial charge in [0.25, 0.3) is 0 Å². The molecule has 2 aromatic heterocycles. The summed E-state index contributed by atoms with van der Waals surface area (Å²) in [5.74, 6) is 3.53. The highest BCUT2D eigenvalue weighted by Gasteiger charge is 2.40. The second-order valence-corrected chi connectivity index (χ2v) is 7.85. The molecule has 1 aromatic carbocycles. The first-order valence-corrected chi connectivity index (χ1v) is 10.3. The number of hydrogen-bond donors (Lipinski definition) is 1. The van der Waals surface area contributed by atoms with Gasteiger partial charge in [-0.2, -0.15) is 10.1 Å². The van der Waals surface area contributed by atoms with Crippen LogP contribution in [-0.2, 0) is 4.79 Å². The highest BCUT2D eigenvalue weighted by molar-refractivity contribution is 6.00. The molecular weight excluding hydrogens is 412 g/mol. The Kier molecular flexibility index (Phi) is 4.88. The zero-order valence-electron chi connectivity index (χ0n) is 18.3. The van der Waals surface area contributed by atoms with E-state index in [0.29, 0.717) is 47.4 Å². The van der Waals surface area contributed by atoms with E-state index in [-0.39, 0.29) is 11.7 Å². The Labute approximate surface area is 185 Å². The standard InChI is InChI=1S/C23H24N4O5/c1-12-24-23-25-15-8-13(17-6-5-7-32-17)9-16(28)20(15)21(27(23)26-12)14-10-18(29-2)22(31-4)19(11-14)30-3/h5-7,10-11,13,21H,8-9H2,1-4H3,(H,24,25,26)/t13-,21-/m1/s1. The third kappa shape index (κ3) is 3.12. The fourth-order valence-electron chi connectivity index (χ4n) is 4.61. The molecule has 32 heavy (non-hydrogen) atoms. The van der Waals surface area contributed by atoms with Gasteiger partial charge in [-0.1, -0.05) is 0 Å². The minimum absolute atomic E-state index is 0.0279. The number of ketones is 1. The molecule has 166 valence electrons. The lowest BCUT2D eigenvalue weighted by atomic mass is 9.79. The summed E-state index contributed by atoms with van der Waals surface area (Å²) in [5, 5.41) is 7.92. The molecule has 5 rings (SSSR count). The smallest absolute Gasteiger partial charge is 0.226 e. The first kappa shape index (κ1) is 20.2. The number of carbonyl (C=O) groups excluding carboxylic acids is 1. The lowest BCUT2D eigenvalue weighted by Gasteiger charge is -2.34. The van der Waals surface area contributed by atoms with E-state index in [1.54, 1.807) is 32.3 Å². The van der Waals surface area contributed by atoms with Crippen LogP contribution in [0, 0.1) is 6.92 Å². The molecule has 2 aliphatic rings. The monoisotopic (exact) mass is 436 g/mol. The van der Waals surface area contributed by atoms with Crippen LogP contribution in [0.25, 0.3) is 0 Å². The summed E-state index contributed by atoms with van der Waals surface area (Å²) in [4.78, 5) is 18.0. The van der Waals surface area contributed by atoms with Crippen molar-refractivity contribution in [3.63, 3.8) is 0 Å². The Hall–Kier alpha value is -3.75. The maximum Gasteiger partial charge on any atom is 0.226 e. The average molecular weight is 436 g/mol. The number of rotatable bonds is 5. The van der Waals surface area contributed by atoms with Gasteiger partial charge in [0.2, 0.25) is 11.7 Å². The SMILES string of the molecule is COc1cc([C@@H]2C3=C(C[C@@H](c4ccco4)CC3=O)Nc3nc(C)nn32)cc(OC)c1OC. The van der Waals surface area contributed by atoms with Crippen molar-refractivity contribution in [2.24, 2.45) is 0 Å². The molecule has 0 unspecified atom stereocenters. The number of nitrogens with zero attached hydrogens (tertiary/aromatic N) is 3. The van der Waals surface area contributed by atoms with Crippen molar-refractivity contribution in [2.75, 3.05) is 26.6 Å². The van der Waals surface area contributed by atoms with Crippen molar-refractivity contribution in [1.82, 2.24) is 14.8 Å². The van der Waals surface area contributed by atoms with Crippen molar-refractivity contribution in [3.8, 4) is 17.2 Å². The number of aryl methyl sites for hydroxylation is 1. The number of benzene rings is 1. The molecule has 0 saturated heterocycles. The molecule has 0 amide bonds. The van der Waals surface area contributed by atoms with Gasteiger partial charge in [-0.15, -0.1) is 0 Å². The van der Waals surface area contributed by atoms with E-state index in [2.05, 4.69) is 15.4 Å². The van der Waals surface area contributed by atoms with Gasteiger partial charge in [0.1, 0.15) is 17.6 Å². The molecule has 1 aliphatic heterocycles. The number of anilines is 1. The second-order valence-electron chi connectivity index (χ2n) is 7.85. The van der Waals surface area contributed by atoms with Gasteiger partial charge in [-0.05, 0) is 43.2 Å². The summed E-state index contributed by atoms with van der Waals surface area (Å²) in [6.07, 6.45) is 2.64. The van der Waals surface area contributed by atoms with Gasteiger partial charge in [-0.25, -0.2) is 4.68 Å². The Bertz CT molecular complexity index is 1190. The Balaban J connectivity index is 1.67. The van der Waals surface area contributed by atoms with Gasteiger partial charge < -0.3 is 23.9 Å². The van der Waals surface area contributed by atoms with Gasteiger partial charge in [0.15, 0.2) is 17.3 Å². The molecule has 0 radical (unpaired) electrons. The molecule has 1 aliphatic carbocycles. The Morgan fingerprint density at radius 3 is 2.50 bits per heavy atom. The largest absolute Gasteiger partial charge is 0.493 e. The first-order chi connectivity index (χ1) is 15.5. The Morgan fingerprint density at radius 2 is 1.88 bits per heavy atom. The number of fused-ring (bicyclic) bond motifs is 1. The second kappa shape index (κ2) is 7.74. The zero-order valence-corrected chi connectivity index (χ0v) is 18.3. The van der Waals surface area contributed by atoms with Gasteiger partial charge in [0.05, 0.1) is 27.6 Å². The lowest BCUT2D eigenvalue weighted by molar-refractivity contribution is -0.117. The highest BCUT2D eigenvalue weighted by atomic mass is 16.5. The minimum Gasteiger partial charge on any atom is -0.493 e. The van der Waals surface area contributed by atoms with E-state index >= 15 is 0 Å². The minimum atomic E-state index is -0.471. The van der Waals surface area contributed by atoms with Crippen LogP contribution < -0.4 is 19.5 Å². The molecule has 0 bridgehead atoms. The van der Waals surface area contributed by atoms with E-state index < -0.39 is 6.04 Å². The predicted octanol–water partition coefficient (Wildman–Crippen LogP) is 3.62. The summed E-state index contributed by atoms with van der Waals surface area (Å²) in [7, 11) is 4.70. The van der Waals surface area contributed by atoms with Gasteiger partial charge in [0, 0.05) is 23.6 Å². The van der Waals surface area contributed by atoms with E-state index in [1.165, 1.54) is 0 Å². The fraction of sp³-hybridized carbons (Fsp3) is 0.348. The highest BCUT2D eigenvalue weighted by Crippen LogP contribution is 2.47. The number of furan rings is 1. The van der Waals surface area contributed by atoms with Gasteiger partial charge >= 0.3 is 0 Å². The van der Waals surface area contributed by atoms with Crippen LogP contribution in [-0.4, -0.2) is 41.9 Å². The number of carbonyl (C=O) groups is 1. The molecule has 2 atom stereocenters. The van der Waals surface area contributed by atoms with Crippen molar-refractivity contribution < 1.29 is 23.4 Å². The molecule has 0 saturated carbocycles. The third-order valence-corrected chi connectivity index (χ3v) is 5.97. The number of hydrogen-bond acceptors (Lipinski definition) is 8. The third-order valence-electron chi connectivity index (χ3n) is 5.97. The molecule has 0 spiro atoms. The van der Waals surface area contributed by atoms with Crippen molar-refractivity contribution in [1.29, 1.82) is 0 Å². The molecule has 0 fully saturated rings. The molecule has 9 heteroatoms. The van der Waals surface area contributed by atoms with E-state index in [9.17, 15) is 4.79 Å². The lowest BCUT2D eigenvalue weighted by Crippen LogP contribution is -2.33. The van der Waals surface area contributed by atoms with Crippen molar-refractivity contribution in [3.05, 3.63) is 58.9 Å². The summed E-state index contributed by atoms with van der Waals surface area (Å²) in [5.41, 5.74) is 2.30. The molecule has 3 aromatic rings. The first-order valence-electron chi connectivity index (χ1n) is 10.3. The van der Waals surface area contributed by atoms with E-state index in [0.717, 1.165) is 17.0 Å². The zero-order chi connectivity index (χ0) is 22.4. The average Bonchev–Trinajstić information content (AvgIpc) is 3.45. The predicted molar refractivity (Wildman–Crippen MR) is 115 cm³/mol. The molecule has 3 heterocycles. The fourth-order valence-corrected chi connectivity index (χ4v) is 4.61. The number of allylic oxidation sites excluding steroid dienone is 2. The number of Topliss-reactive ketones (excluding diaryl/α,β-unsaturated/α-hetero) is 1. The topological polar surface area (TPSA) is 101 Å². The summed E-state index contributed by atoms with van der Waals surface area (Å²) >= 11 is 0. The molecule has 9 nitrogen and oxygen atoms in total. The summed E-state index contributed by atoms with van der Waals surface area (Å²) in [6, 6.07) is 7.00. The van der Waals surface area contributed by atoms with Crippen LogP contribution in [0.15, 0.2) is 46.2 Å². The maximum atomic E-state index is 13.5. The van der Waals surface area contributed by atoms with E-state index in [1.807, 2.05) is 31.2 Å². The molecule has 1 N–H and O–H groups in total. The number of ether oxygens (including phenoxy) is 3. The van der Waals surface area contributed by atoms with Crippen LogP contribution in [0.3, 0.4) is 0 Å². The van der Waals surface area contributed by atoms with Crippen molar-refractivity contribution in [2.45, 2.75) is 31.7 Å². The van der Waals surface area contributed by atoms with Crippen LogP contribution in [0.4, 0.5) is 5.95 Å².